The van der Waals surface area contributed by atoms with E-state index in [1.807, 2.05) is 64.1 Å². The summed E-state index contributed by atoms with van der Waals surface area (Å²) in [6.07, 6.45) is 1.73. The smallest absolute Gasteiger partial charge is 0.341 e. The van der Waals surface area contributed by atoms with Crippen LogP contribution in [0.1, 0.15) is 37.7 Å². The van der Waals surface area contributed by atoms with E-state index in [0.29, 0.717) is 10.7 Å². The highest BCUT2D eigenvalue weighted by Gasteiger charge is 2.23. The molecule has 6 nitrogen and oxygen atoms in total. The van der Waals surface area contributed by atoms with E-state index in [-0.39, 0.29) is 5.97 Å². The number of thiocarbonyl (C=S) groups is 1. The number of aromatic nitrogens is 1. The fourth-order valence-corrected chi connectivity index (χ4v) is 4.61. The Hall–Kier alpha value is -2.97. The molecular formula is C22H24N4O2S2. The Labute approximate surface area is 185 Å². The number of aryl methyl sites for hydroxylation is 2. The largest absolute Gasteiger partial charge is 0.465 e. The van der Waals surface area contributed by atoms with Gasteiger partial charge in [0.05, 0.1) is 18.9 Å². The third-order valence-electron chi connectivity index (χ3n) is 4.83. The van der Waals surface area contributed by atoms with Crippen molar-refractivity contribution in [1.29, 1.82) is 0 Å². The van der Waals surface area contributed by atoms with Crippen molar-refractivity contribution in [2.45, 2.75) is 27.7 Å². The van der Waals surface area contributed by atoms with Crippen LogP contribution >= 0.6 is 23.6 Å². The van der Waals surface area contributed by atoms with Crippen LogP contribution in [0.25, 0.3) is 5.00 Å². The van der Waals surface area contributed by atoms with Crippen molar-refractivity contribution >= 4 is 46.5 Å². The van der Waals surface area contributed by atoms with E-state index in [1.54, 1.807) is 17.6 Å². The molecule has 30 heavy (non-hydrogen) atoms. The molecule has 2 aromatic heterocycles. The zero-order valence-corrected chi connectivity index (χ0v) is 19.2. The molecule has 0 bridgehead atoms. The molecule has 0 fully saturated rings. The SMILES string of the molecule is COC(=O)c1c(-n2c(C)cc(/C=N\NC(=S)Nc3ccccc3)c2C)sc(C)c1C. The number of methoxy groups -OCH3 is 1. The lowest BCUT2D eigenvalue weighted by Crippen LogP contribution is -2.23. The molecule has 0 saturated heterocycles. The Kier molecular flexibility index (Phi) is 6.69. The van der Waals surface area contributed by atoms with E-state index in [2.05, 4.69) is 20.4 Å². The van der Waals surface area contributed by atoms with Gasteiger partial charge in [0.1, 0.15) is 5.00 Å². The van der Waals surface area contributed by atoms with Gasteiger partial charge in [0.15, 0.2) is 5.11 Å². The van der Waals surface area contributed by atoms with E-state index in [4.69, 9.17) is 17.0 Å². The van der Waals surface area contributed by atoms with Crippen LogP contribution < -0.4 is 10.7 Å². The van der Waals surface area contributed by atoms with Gasteiger partial charge in [-0.3, -0.25) is 5.43 Å². The molecule has 0 atom stereocenters. The fourth-order valence-electron chi connectivity index (χ4n) is 3.18. The number of hydrogen-bond donors (Lipinski definition) is 2. The highest BCUT2D eigenvalue weighted by molar-refractivity contribution is 7.80. The first kappa shape index (κ1) is 21.7. The third kappa shape index (κ3) is 4.44. The second kappa shape index (κ2) is 9.23. The minimum Gasteiger partial charge on any atom is -0.465 e. The summed E-state index contributed by atoms with van der Waals surface area (Å²) in [7, 11) is 1.41. The average Bonchev–Trinajstić information content (AvgIpc) is 3.16. The summed E-state index contributed by atoms with van der Waals surface area (Å²) in [5.74, 6) is -0.325. The molecule has 0 unspecified atom stereocenters. The molecule has 0 aliphatic rings. The molecule has 3 aromatic rings. The maximum atomic E-state index is 12.4. The predicted molar refractivity (Wildman–Crippen MR) is 127 cm³/mol. The van der Waals surface area contributed by atoms with Crippen LogP contribution in [-0.4, -0.2) is 29.0 Å². The monoisotopic (exact) mass is 440 g/mol. The molecule has 1 aromatic carbocycles. The number of carbonyl (C=O) groups excluding carboxylic acids is 1. The van der Waals surface area contributed by atoms with Gasteiger partial charge in [0, 0.05) is 27.5 Å². The van der Waals surface area contributed by atoms with Crippen LogP contribution in [-0.2, 0) is 4.74 Å². The minimum absolute atomic E-state index is 0.325. The molecule has 156 valence electrons. The van der Waals surface area contributed by atoms with Gasteiger partial charge in [-0.2, -0.15) is 5.10 Å². The average molecular weight is 441 g/mol. The molecule has 0 saturated carbocycles. The summed E-state index contributed by atoms with van der Waals surface area (Å²) >= 11 is 6.86. The van der Waals surface area contributed by atoms with Crippen LogP contribution in [0.4, 0.5) is 5.69 Å². The van der Waals surface area contributed by atoms with Gasteiger partial charge >= 0.3 is 5.97 Å². The number of anilines is 1. The Bertz CT molecular complexity index is 1110. The second-order valence-corrected chi connectivity index (χ2v) is 8.42. The predicted octanol–water partition coefficient (Wildman–Crippen LogP) is 4.88. The number of thiophene rings is 1. The number of hydrogen-bond acceptors (Lipinski definition) is 5. The highest BCUT2D eigenvalue weighted by Crippen LogP contribution is 2.34. The fraction of sp³-hybridized carbons (Fsp3) is 0.227. The standard InChI is InChI=1S/C22H24N4O2S2/c1-13-11-17(12-23-25-22(29)24-18-9-7-6-8-10-18)15(3)26(13)20-19(21(27)28-5)14(2)16(4)30-20/h6-12H,1-5H3,(H2,24,25,29)/b23-12-. The van der Waals surface area contributed by atoms with Crippen molar-refractivity contribution in [1.82, 2.24) is 9.99 Å². The van der Waals surface area contributed by atoms with Gasteiger partial charge in [0.2, 0.25) is 0 Å². The zero-order chi connectivity index (χ0) is 21.8. The lowest BCUT2D eigenvalue weighted by atomic mass is 10.1. The molecule has 0 aliphatic heterocycles. The maximum Gasteiger partial charge on any atom is 0.341 e. The quantitative estimate of drug-likeness (QED) is 0.256. The molecule has 8 heteroatoms. The van der Waals surface area contributed by atoms with Crippen LogP contribution in [0.3, 0.4) is 0 Å². The summed E-state index contributed by atoms with van der Waals surface area (Å²) in [4.78, 5) is 13.5. The summed E-state index contributed by atoms with van der Waals surface area (Å²) in [6.45, 7) is 7.96. The van der Waals surface area contributed by atoms with Gasteiger partial charge in [-0.15, -0.1) is 11.3 Å². The van der Waals surface area contributed by atoms with Gasteiger partial charge in [0.25, 0.3) is 0 Å². The van der Waals surface area contributed by atoms with Gasteiger partial charge in [-0.25, -0.2) is 4.79 Å². The summed E-state index contributed by atoms with van der Waals surface area (Å²) in [5, 5.41) is 8.60. The van der Waals surface area contributed by atoms with E-state index in [1.165, 1.54) is 7.11 Å². The normalized spacial score (nSPS) is 11.0. The summed E-state index contributed by atoms with van der Waals surface area (Å²) < 4.78 is 7.08. The number of ether oxygens (including phenoxy) is 1. The Morgan fingerprint density at radius 3 is 2.57 bits per heavy atom. The number of benzene rings is 1. The number of carbonyl (C=O) groups is 1. The first-order valence-electron chi connectivity index (χ1n) is 9.36. The molecule has 3 rings (SSSR count). The molecule has 2 heterocycles. The summed E-state index contributed by atoms with van der Waals surface area (Å²) in [6, 6.07) is 11.7. The van der Waals surface area contributed by atoms with E-state index < -0.39 is 0 Å². The van der Waals surface area contributed by atoms with Gasteiger partial charge < -0.3 is 14.6 Å². The first-order valence-corrected chi connectivity index (χ1v) is 10.6. The van der Waals surface area contributed by atoms with Crippen molar-refractivity contribution in [3.05, 3.63) is 69.4 Å². The van der Waals surface area contributed by atoms with Crippen molar-refractivity contribution in [3.63, 3.8) is 0 Å². The third-order valence-corrected chi connectivity index (χ3v) is 6.22. The van der Waals surface area contributed by atoms with Crippen LogP contribution in [0.5, 0.6) is 0 Å². The molecular weight excluding hydrogens is 416 g/mol. The van der Waals surface area contributed by atoms with Crippen molar-refractivity contribution in [3.8, 4) is 5.00 Å². The summed E-state index contributed by atoms with van der Waals surface area (Å²) in [5.41, 5.74) is 8.20. The molecule has 2 N–H and O–H groups in total. The molecule has 0 spiro atoms. The lowest BCUT2D eigenvalue weighted by Gasteiger charge is -2.10. The van der Waals surface area contributed by atoms with Gasteiger partial charge in [-0.1, -0.05) is 18.2 Å². The van der Waals surface area contributed by atoms with E-state index >= 15 is 0 Å². The first-order chi connectivity index (χ1) is 14.3. The lowest BCUT2D eigenvalue weighted by molar-refractivity contribution is 0.0600. The van der Waals surface area contributed by atoms with Crippen molar-refractivity contribution in [2.75, 3.05) is 12.4 Å². The Morgan fingerprint density at radius 1 is 1.20 bits per heavy atom. The number of hydrazone groups is 1. The number of nitrogens with one attached hydrogen (secondary N) is 2. The number of nitrogens with zero attached hydrogens (tertiary/aromatic N) is 2. The number of esters is 1. The van der Waals surface area contributed by atoms with Crippen molar-refractivity contribution < 1.29 is 9.53 Å². The van der Waals surface area contributed by atoms with Crippen LogP contribution in [0.2, 0.25) is 0 Å². The molecule has 0 radical (unpaired) electrons. The molecule has 0 amide bonds. The second-order valence-electron chi connectivity index (χ2n) is 6.81. The maximum absolute atomic E-state index is 12.4. The minimum atomic E-state index is -0.325. The van der Waals surface area contributed by atoms with E-state index in [9.17, 15) is 4.79 Å². The zero-order valence-electron chi connectivity index (χ0n) is 17.6. The van der Waals surface area contributed by atoms with Crippen molar-refractivity contribution in [2.24, 2.45) is 5.10 Å². The Balaban J connectivity index is 1.83. The van der Waals surface area contributed by atoms with E-state index in [0.717, 1.165) is 38.1 Å². The van der Waals surface area contributed by atoms with Gasteiger partial charge in [-0.05, 0) is 63.7 Å². The number of para-hydroxylation sites is 1. The molecule has 0 aliphatic carbocycles. The van der Waals surface area contributed by atoms with Crippen LogP contribution in [0.15, 0.2) is 41.5 Å². The Morgan fingerprint density at radius 2 is 1.90 bits per heavy atom. The number of rotatable bonds is 5. The highest BCUT2D eigenvalue weighted by atomic mass is 32.1. The topological polar surface area (TPSA) is 67.7 Å². The van der Waals surface area contributed by atoms with Crippen LogP contribution in [0, 0.1) is 27.7 Å².